The molecule has 4 rings (SSSR count). The van der Waals surface area contributed by atoms with Gasteiger partial charge < -0.3 is 14.0 Å². The third-order valence-corrected chi connectivity index (χ3v) is 9.93. The number of nitrogens with zero attached hydrogens (tertiary/aromatic N) is 2. The molecule has 0 fully saturated rings. The molecule has 0 aliphatic heterocycles. The van der Waals surface area contributed by atoms with Crippen molar-refractivity contribution >= 4 is 51.6 Å². The Hall–Kier alpha value is -4.09. The van der Waals surface area contributed by atoms with Crippen LogP contribution >= 0.6 is 7.14 Å². The minimum Gasteiger partial charge on any atom is -0.347 e. The lowest BCUT2D eigenvalue weighted by molar-refractivity contribution is -0.140. The molecule has 41 heavy (non-hydrogen) atoms. The van der Waals surface area contributed by atoms with Crippen LogP contribution in [-0.4, -0.2) is 27.6 Å². The number of unbranched alkanes of at least 4 members (excludes halogenated alkanes) is 3. The summed E-state index contributed by atoms with van der Waals surface area (Å²) in [6, 6.07) is 22.7. The van der Waals surface area contributed by atoms with Gasteiger partial charge in [-0.15, -0.1) is 0 Å². The van der Waals surface area contributed by atoms with Crippen molar-refractivity contribution in [2.45, 2.75) is 59.4 Å². The van der Waals surface area contributed by atoms with E-state index < -0.39 is 18.6 Å². The molecule has 0 bridgehead atoms. The first-order valence-corrected chi connectivity index (χ1v) is 15.7. The van der Waals surface area contributed by atoms with Crippen LogP contribution in [0, 0.1) is 0 Å². The normalized spacial score (nSPS) is 11.9. The largest absolute Gasteiger partial charge is 0.347 e. The van der Waals surface area contributed by atoms with E-state index in [0.29, 0.717) is 34.5 Å². The molecule has 1 heterocycles. The summed E-state index contributed by atoms with van der Waals surface area (Å²) < 4.78 is 16.6. The summed E-state index contributed by atoms with van der Waals surface area (Å²) in [5.74, 6) is -0.968. The summed E-state index contributed by atoms with van der Waals surface area (Å²) in [6.45, 7) is 5.90. The van der Waals surface area contributed by atoms with Crippen molar-refractivity contribution in [1.29, 1.82) is 0 Å². The molecular formula is C33H35N2O5P. The lowest BCUT2D eigenvalue weighted by Crippen LogP contribution is -2.22. The summed E-state index contributed by atoms with van der Waals surface area (Å²) in [7, 11) is -3.73. The molecule has 1 aromatic heterocycles. The maximum atomic E-state index is 14.7. The highest BCUT2D eigenvalue weighted by atomic mass is 31.2. The number of hydrogen-bond acceptors (Lipinski definition) is 6. The van der Waals surface area contributed by atoms with Crippen LogP contribution in [0.4, 0.5) is 0 Å². The van der Waals surface area contributed by atoms with Gasteiger partial charge in [0.05, 0.1) is 0 Å². The fraction of sp³-hybridized carbons (Fsp3) is 0.273. The van der Waals surface area contributed by atoms with Crippen molar-refractivity contribution < 1.29 is 23.8 Å². The minimum atomic E-state index is -3.73. The van der Waals surface area contributed by atoms with Gasteiger partial charge in [-0.3, -0.25) is 9.59 Å². The van der Waals surface area contributed by atoms with Crippen LogP contribution in [0.25, 0.3) is 10.9 Å². The SMILES string of the molecule is CCCCCC/C(=N\OC(C)=O)C(=O)c1cn(CC)c2ccc(C(=O)P(=O)(c3ccccc3)c3ccccc3)cc12. The Morgan fingerprint density at radius 3 is 2.05 bits per heavy atom. The van der Waals surface area contributed by atoms with E-state index >= 15 is 0 Å². The van der Waals surface area contributed by atoms with Crippen molar-refractivity contribution in [2.75, 3.05) is 0 Å². The van der Waals surface area contributed by atoms with Gasteiger partial charge in [-0.05, 0) is 38.0 Å². The second-order valence-electron chi connectivity index (χ2n) is 9.91. The van der Waals surface area contributed by atoms with Crippen molar-refractivity contribution in [3.63, 3.8) is 0 Å². The Bertz CT molecular complexity index is 1580. The smallest absolute Gasteiger partial charge is 0.331 e. The predicted molar refractivity (Wildman–Crippen MR) is 164 cm³/mol. The van der Waals surface area contributed by atoms with E-state index in [1.165, 1.54) is 6.92 Å². The number of fused-ring (bicyclic) bond motifs is 1. The molecule has 212 valence electrons. The van der Waals surface area contributed by atoms with E-state index in [4.69, 9.17) is 4.84 Å². The van der Waals surface area contributed by atoms with Gasteiger partial charge in [0.25, 0.3) is 0 Å². The van der Waals surface area contributed by atoms with Gasteiger partial charge in [-0.1, -0.05) is 92.0 Å². The number of benzene rings is 3. The van der Waals surface area contributed by atoms with Crippen LogP contribution in [0.15, 0.2) is 90.2 Å². The fourth-order valence-electron chi connectivity index (χ4n) is 4.91. The third-order valence-electron chi connectivity index (χ3n) is 7.05. The fourth-order valence-corrected chi connectivity index (χ4v) is 7.36. The van der Waals surface area contributed by atoms with E-state index in [-0.39, 0.29) is 17.1 Å². The first-order chi connectivity index (χ1) is 19.8. The first-order valence-electron chi connectivity index (χ1n) is 14.0. The maximum Gasteiger partial charge on any atom is 0.331 e. The average Bonchev–Trinajstić information content (AvgIpc) is 3.38. The Kier molecular flexibility index (Phi) is 9.85. The molecule has 0 aliphatic rings. The third kappa shape index (κ3) is 6.47. The Morgan fingerprint density at radius 2 is 1.49 bits per heavy atom. The Labute approximate surface area is 240 Å². The lowest BCUT2D eigenvalue weighted by atomic mass is 10.0. The summed E-state index contributed by atoms with van der Waals surface area (Å²) in [5.41, 5.74) is 1.01. The molecule has 0 N–H and O–H groups in total. The average molecular weight is 571 g/mol. The van der Waals surface area contributed by atoms with Gasteiger partial charge in [-0.25, -0.2) is 4.79 Å². The Balaban J connectivity index is 1.82. The number of Topliss-reactive ketones (excluding diaryl/α,β-unsaturated/α-hetero) is 1. The molecule has 8 heteroatoms. The highest BCUT2D eigenvalue weighted by molar-refractivity contribution is 7.93. The summed E-state index contributed by atoms with van der Waals surface area (Å²) in [5, 5.41) is 5.36. The van der Waals surface area contributed by atoms with Gasteiger partial charge in [0.2, 0.25) is 18.4 Å². The zero-order valence-corrected chi connectivity index (χ0v) is 24.6. The minimum absolute atomic E-state index is 0.155. The molecule has 0 saturated carbocycles. The van der Waals surface area contributed by atoms with Gasteiger partial charge in [0.1, 0.15) is 5.71 Å². The molecule has 0 unspecified atom stereocenters. The van der Waals surface area contributed by atoms with Crippen LogP contribution in [0.1, 0.15) is 73.6 Å². The molecular weight excluding hydrogens is 535 g/mol. The standard InChI is InChI=1S/C33H35N2O5P/c1-4-6-7-14-19-30(34-40-24(3)36)32(37)29-23-35(5-2)31-21-20-25(22-28(29)31)33(38)41(39,26-15-10-8-11-16-26)27-17-12-9-13-18-27/h8-13,15-18,20-23H,4-7,14,19H2,1-3H3/b34-30+. The van der Waals surface area contributed by atoms with E-state index in [1.54, 1.807) is 72.9 Å². The quantitative estimate of drug-likeness (QED) is 0.0436. The van der Waals surface area contributed by atoms with Crippen LogP contribution in [-0.2, 0) is 20.7 Å². The number of hydrogen-bond donors (Lipinski definition) is 0. The number of carbonyl (C=O) groups is 3. The first kappa shape index (κ1) is 29.9. The number of aromatic nitrogens is 1. The predicted octanol–water partition coefficient (Wildman–Crippen LogP) is 6.89. The van der Waals surface area contributed by atoms with Crippen molar-refractivity contribution in [2.24, 2.45) is 5.16 Å². The maximum absolute atomic E-state index is 14.7. The van der Waals surface area contributed by atoms with Gasteiger partial charge in [-0.2, -0.15) is 0 Å². The molecule has 0 radical (unpaired) electrons. The second kappa shape index (κ2) is 13.5. The van der Waals surface area contributed by atoms with E-state index in [1.807, 2.05) is 23.6 Å². The molecule has 0 spiro atoms. The van der Waals surface area contributed by atoms with E-state index in [9.17, 15) is 18.9 Å². The van der Waals surface area contributed by atoms with E-state index in [0.717, 1.165) is 31.2 Å². The van der Waals surface area contributed by atoms with Crippen LogP contribution < -0.4 is 10.6 Å². The van der Waals surface area contributed by atoms with Gasteiger partial charge in [0.15, 0.2) is 0 Å². The van der Waals surface area contributed by atoms with Crippen LogP contribution in [0.3, 0.4) is 0 Å². The number of rotatable bonds is 13. The molecule has 0 aliphatic carbocycles. The van der Waals surface area contributed by atoms with Crippen molar-refractivity contribution in [1.82, 2.24) is 4.57 Å². The number of ketones is 1. The summed E-state index contributed by atoms with van der Waals surface area (Å²) >= 11 is 0. The molecule has 0 atom stereocenters. The topological polar surface area (TPSA) is 94.8 Å². The number of carbonyl (C=O) groups excluding carboxylic acids is 3. The zero-order chi connectivity index (χ0) is 29.4. The van der Waals surface area contributed by atoms with E-state index in [2.05, 4.69) is 12.1 Å². The van der Waals surface area contributed by atoms with Crippen molar-refractivity contribution in [3.8, 4) is 0 Å². The zero-order valence-electron chi connectivity index (χ0n) is 23.7. The molecule has 7 nitrogen and oxygen atoms in total. The summed E-state index contributed by atoms with van der Waals surface area (Å²) in [4.78, 5) is 44.3. The van der Waals surface area contributed by atoms with Gasteiger partial charge in [0, 0.05) is 52.3 Å². The molecule has 0 saturated heterocycles. The molecule has 3 aromatic carbocycles. The highest BCUT2D eigenvalue weighted by Gasteiger charge is 2.37. The van der Waals surface area contributed by atoms with Gasteiger partial charge >= 0.3 is 5.97 Å². The monoisotopic (exact) mass is 570 g/mol. The number of oxime groups is 1. The van der Waals surface area contributed by atoms with Crippen molar-refractivity contribution in [3.05, 3.63) is 96.2 Å². The number of aryl methyl sites for hydroxylation is 1. The second-order valence-corrected chi connectivity index (χ2v) is 12.6. The summed E-state index contributed by atoms with van der Waals surface area (Å²) in [6.07, 6.45) is 5.82. The highest BCUT2D eigenvalue weighted by Crippen LogP contribution is 2.47. The lowest BCUT2D eigenvalue weighted by Gasteiger charge is -2.18. The molecule has 0 amide bonds. The van der Waals surface area contributed by atoms with Crippen LogP contribution in [0.2, 0.25) is 0 Å². The Morgan fingerprint density at radius 1 is 0.854 bits per heavy atom. The van der Waals surface area contributed by atoms with Crippen LogP contribution in [0.5, 0.6) is 0 Å². The molecule has 4 aromatic rings.